The van der Waals surface area contributed by atoms with E-state index in [-0.39, 0.29) is 18.2 Å². The van der Waals surface area contributed by atoms with Gasteiger partial charge in [0.2, 0.25) is 0 Å². The van der Waals surface area contributed by atoms with Crippen molar-refractivity contribution in [3.8, 4) is 0 Å². The van der Waals surface area contributed by atoms with Crippen LogP contribution < -0.4 is 11.5 Å². The number of rotatable bonds is 2. The second-order valence-electron chi connectivity index (χ2n) is 3.12. The number of aryl methyl sites for hydroxylation is 1. The monoisotopic (exact) mass is 228 g/mol. The maximum absolute atomic E-state index is 11.3. The zero-order chi connectivity index (χ0) is 10.1. The highest BCUT2D eigenvalue weighted by atomic mass is 35.5. The number of halogens is 1. The van der Waals surface area contributed by atoms with Crippen molar-refractivity contribution >= 4 is 23.5 Å². The van der Waals surface area contributed by atoms with Gasteiger partial charge in [-0.1, -0.05) is 6.07 Å². The van der Waals surface area contributed by atoms with Gasteiger partial charge in [0.15, 0.2) is 5.58 Å². The van der Waals surface area contributed by atoms with E-state index in [4.69, 9.17) is 10.2 Å². The van der Waals surface area contributed by atoms with Gasteiger partial charge in [0.25, 0.3) is 0 Å². The number of oxazole rings is 1. The smallest absolute Gasteiger partial charge is 0.408 e. The molecular formula is C10H13ClN2O2. The molecule has 5 heteroatoms. The van der Waals surface area contributed by atoms with Crippen molar-refractivity contribution in [3.63, 3.8) is 0 Å². The molecule has 1 heterocycles. The van der Waals surface area contributed by atoms with E-state index in [9.17, 15) is 4.79 Å². The van der Waals surface area contributed by atoms with E-state index in [1.54, 1.807) is 10.6 Å². The number of benzene rings is 1. The predicted molar refractivity (Wildman–Crippen MR) is 61.3 cm³/mol. The Morgan fingerprint density at radius 1 is 1.47 bits per heavy atom. The summed E-state index contributed by atoms with van der Waals surface area (Å²) in [5.41, 5.74) is 7.96. The Hall–Kier alpha value is -1.26. The van der Waals surface area contributed by atoms with Gasteiger partial charge in [0.05, 0.1) is 5.52 Å². The molecule has 82 valence electrons. The fourth-order valence-electron chi connectivity index (χ4n) is 1.53. The first kappa shape index (κ1) is 11.8. The average Bonchev–Trinajstić information content (AvgIpc) is 2.52. The molecule has 15 heavy (non-hydrogen) atoms. The van der Waals surface area contributed by atoms with Crippen molar-refractivity contribution in [1.82, 2.24) is 4.57 Å². The molecule has 1 aromatic heterocycles. The number of fused-ring (bicyclic) bond motifs is 1. The van der Waals surface area contributed by atoms with Crippen molar-refractivity contribution in [2.75, 3.05) is 0 Å². The van der Waals surface area contributed by atoms with Gasteiger partial charge in [-0.15, -0.1) is 12.4 Å². The Morgan fingerprint density at radius 2 is 2.20 bits per heavy atom. The topological polar surface area (TPSA) is 61.2 Å². The minimum Gasteiger partial charge on any atom is -0.408 e. The number of hydrogen-bond donors (Lipinski definition) is 1. The van der Waals surface area contributed by atoms with Crippen LogP contribution in [-0.4, -0.2) is 4.57 Å². The molecule has 0 atom stereocenters. The van der Waals surface area contributed by atoms with Gasteiger partial charge >= 0.3 is 5.76 Å². The van der Waals surface area contributed by atoms with E-state index in [1.165, 1.54) is 0 Å². The zero-order valence-corrected chi connectivity index (χ0v) is 9.21. The first-order chi connectivity index (χ1) is 6.76. The molecule has 4 nitrogen and oxygen atoms in total. The third-order valence-electron chi connectivity index (χ3n) is 2.28. The lowest BCUT2D eigenvalue weighted by molar-refractivity contribution is 0.513. The molecule has 0 radical (unpaired) electrons. The number of nitrogens with zero attached hydrogens (tertiary/aromatic N) is 1. The Labute approximate surface area is 93.1 Å². The van der Waals surface area contributed by atoms with Gasteiger partial charge in [-0.25, -0.2) is 4.79 Å². The summed E-state index contributed by atoms with van der Waals surface area (Å²) >= 11 is 0. The van der Waals surface area contributed by atoms with Crippen molar-refractivity contribution in [2.45, 2.75) is 20.0 Å². The molecule has 2 N–H and O–H groups in total. The molecule has 0 aliphatic rings. The van der Waals surface area contributed by atoms with Crippen LogP contribution in [0, 0.1) is 0 Å². The standard InChI is InChI=1S/C10H12N2O2.ClH/c1-2-12-8-5-7(6-11)3-4-9(8)14-10(12)13;/h3-5H,2,6,11H2,1H3;1H. The molecular weight excluding hydrogens is 216 g/mol. The molecule has 0 saturated carbocycles. The Bertz CT molecular complexity index is 516. The number of aromatic nitrogens is 1. The second kappa shape index (κ2) is 4.51. The zero-order valence-electron chi connectivity index (χ0n) is 8.40. The van der Waals surface area contributed by atoms with Crippen LogP contribution in [-0.2, 0) is 13.1 Å². The molecule has 0 fully saturated rings. The van der Waals surface area contributed by atoms with Crippen LogP contribution in [0.15, 0.2) is 27.4 Å². The van der Waals surface area contributed by atoms with Crippen LogP contribution in [0.5, 0.6) is 0 Å². The van der Waals surface area contributed by atoms with E-state index in [1.807, 2.05) is 19.1 Å². The van der Waals surface area contributed by atoms with Crippen molar-refractivity contribution in [2.24, 2.45) is 5.73 Å². The van der Waals surface area contributed by atoms with E-state index in [0.717, 1.165) is 11.1 Å². The highest BCUT2D eigenvalue weighted by Gasteiger charge is 2.07. The van der Waals surface area contributed by atoms with Crippen molar-refractivity contribution < 1.29 is 4.42 Å². The SMILES string of the molecule is CCn1c(=O)oc2ccc(CN)cc21.Cl. The Morgan fingerprint density at radius 3 is 2.80 bits per heavy atom. The maximum Gasteiger partial charge on any atom is 0.419 e. The molecule has 0 spiro atoms. The Balaban J connectivity index is 0.00000112. The van der Waals surface area contributed by atoms with Crippen LogP contribution in [0.1, 0.15) is 12.5 Å². The maximum atomic E-state index is 11.3. The minimum atomic E-state index is -0.309. The highest BCUT2D eigenvalue weighted by molar-refractivity contribution is 5.85. The summed E-state index contributed by atoms with van der Waals surface area (Å²) in [6.45, 7) is 2.99. The predicted octanol–water partition coefficient (Wildman–Crippen LogP) is 1.49. The highest BCUT2D eigenvalue weighted by Crippen LogP contribution is 2.14. The van der Waals surface area contributed by atoms with E-state index in [2.05, 4.69) is 0 Å². The molecule has 0 aliphatic carbocycles. The fourth-order valence-corrected chi connectivity index (χ4v) is 1.53. The average molecular weight is 229 g/mol. The summed E-state index contributed by atoms with van der Waals surface area (Å²) in [6.07, 6.45) is 0. The summed E-state index contributed by atoms with van der Waals surface area (Å²) in [5, 5.41) is 0. The number of hydrogen-bond acceptors (Lipinski definition) is 3. The summed E-state index contributed by atoms with van der Waals surface area (Å²) in [4.78, 5) is 11.3. The van der Waals surface area contributed by atoms with E-state index < -0.39 is 0 Å². The summed E-state index contributed by atoms with van der Waals surface area (Å²) in [5.74, 6) is -0.309. The van der Waals surface area contributed by atoms with Crippen molar-refractivity contribution in [3.05, 3.63) is 34.3 Å². The molecule has 0 aliphatic heterocycles. The van der Waals surface area contributed by atoms with Gasteiger partial charge in [0.1, 0.15) is 0 Å². The van der Waals surface area contributed by atoms with Crippen LogP contribution in [0.3, 0.4) is 0 Å². The molecule has 0 unspecified atom stereocenters. The molecule has 2 rings (SSSR count). The Kier molecular flexibility index (Phi) is 3.55. The first-order valence-electron chi connectivity index (χ1n) is 4.58. The molecule has 2 aromatic rings. The number of nitrogens with two attached hydrogens (primary N) is 1. The largest absolute Gasteiger partial charge is 0.419 e. The van der Waals surface area contributed by atoms with Gasteiger partial charge in [-0.2, -0.15) is 0 Å². The molecule has 0 bridgehead atoms. The van der Waals surface area contributed by atoms with Gasteiger partial charge in [0, 0.05) is 13.1 Å². The van der Waals surface area contributed by atoms with Crippen molar-refractivity contribution in [1.29, 1.82) is 0 Å². The lowest BCUT2D eigenvalue weighted by atomic mass is 10.2. The molecule has 0 amide bonds. The quantitative estimate of drug-likeness (QED) is 0.847. The summed E-state index contributed by atoms with van der Waals surface area (Å²) < 4.78 is 6.65. The summed E-state index contributed by atoms with van der Waals surface area (Å²) in [6, 6.07) is 5.54. The van der Waals surface area contributed by atoms with E-state index in [0.29, 0.717) is 18.7 Å². The van der Waals surface area contributed by atoms with E-state index >= 15 is 0 Å². The third-order valence-corrected chi connectivity index (χ3v) is 2.28. The second-order valence-corrected chi connectivity index (χ2v) is 3.12. The van der Waals surface area contributed by atoms with Crippen LogP contribution in [0.25, 0.3) is 11.1 Å². The fraction of sp³-hybridized carbons (Fsp3) is 0.300. The van der Waals surface area contributed by atoms with Crippen LogP contribution in [0.2, 0.25) is 0 Å². The van der Waals surface area contributed by atoms with Gasteiger partial charge < -0.3 is 10.2 Å². The third kappa shape index (κ3) is 1.91. The molecule has 1 aromatic carbocycles. The lowest BCUT2D eigenvalue weighted by Crippen LogP contribution is -2.12. The first-order valence-corrected chi connectivity index (χ1v) is 4.58. The van der Waals surface area contributed by atoms with Gasteiger partial charge in [-0.05, 0) is 24.6 Å². The van der Waals surface area contributed by atoms with Crippen LogP contribution >= 0.6 is 12.4 Å². The minimum absolute atomic E-state index is 0. The molecule has 0 saturated heterocycles. The summed E-state index contributed by atoms with van der Waals surface area (Å²) in [7, 11) is 0. The lowest BCUT2D eigenvalue weighted by Gasteiger charge is -1.98. The van der Waals surface area contributed by atoms with Gasteiger partial charge in [-0.3, -0.25) is 4.57 Å². The normalized spacial score (nSPS) is 10.3. The van der Waals surface area contributed by atoms with Crippen LogP contribution in [0.4, 0.5) is 0 Å².